The van der Waals surface area contributed by atoms with Gasteiger partial charge in [-0.2, -0.15) is 4.98 Å². The van der Waals surface area contributed by atoms with Gasteiger partial charge in [-0.3, -0.25) is 4.72 Å². The van der Waals surface area contributed by atoms with E-state index in [4.69, 9.17) is 16.1 Å². The van der Waals surface area contributed by atoms with Crippen molar-refractivity contribution in [3.8, 4) is 11.4 Å². The van der Waals surface area contributed by atoms with Crippen LogP contribution in [0.4, 0.5) is 11.4 Å². The van der Waals surface area contributed by atoms with E-state index in [1.54, 1.807) is 18.2 Å². The van der Waals surface area contributed by atoms with E-state index >= 15 is 0 Å². The summed E-state index contributed by atoms with van der Waals surface area (Å²) in [7, 11) is -3.34. The molecular weight excluding hydrogens is 400 g/mol. The molecule has 146 valence electrons. The standard InChI is InChI=1S/C19H19ClN4O3S/c1-28(25,26)23-16-8-3-9-17-15(16)7-4-10-24(17)12-18-21-19(22-27-18)13-5-2-6-14(20)11-13/h2-3,5-6,8-9,11,23H,4,7,10,12H2,1H3. The van der Waals surface area contributed by atoms with Gasteiger partial charge < -0.3 is 9.42 Å². The molecule has 0 radical (unpaired) electrons. The van der Waals surface area contributed by atoms with Crippen LogP contribution in [0.1, 0.15) is 17.9 Å². The van der Waals surface area contributed by atoms with Crippen LogP contribution >= 0.6 is 11.6 Å². The van der Waals surface area contributed by atoms with E-state index in [-0.39, 0.29) is 0 Å². The summed E-state index contributed by atoms with van der Waals surface area (Å²) in [4.78, 5) is 6.61. The van der Waals surface area contributed by atoms with Gasteiger partial charge in [0.05, 0.1) is 18.5 Å². The van der Waals surface area contributed by atoms with Gasteiger partial charge in [0.2, 0.25) is 21.7 Å². The third-order valence-corrected chi connectivity index (χ3v) is 5.34. The molecular formula is C19H19ClN4O3S. The van der Waals surface area contributed by atoms with E-state index in [1.807, 2.05) is 24.3 Å². The minimum Gasteiger partial charge on any atom is -0.362 e. The van der Waals surface area contributed by atoms with Crippen molar-refractivity contribution >= 4 is 33.0 Å². The normalized spacial score (nSPS) is 14.0. The van der Waals surface area contributed by atoms with Crippen molar-refractivity contribution in [2.75, 3.05) is 22.4 Å². The number of halogens is 1. The highest BCUT2D eigenvalue weighted by molar-refractivity contribution is 7.92. The minimum atomic E-state index is -3.34. The zero-order valence-corrected chi connectivity index (χ0v) is 16.8. The van der Waals surface area contributed by atoms with Gasteiger partial charge >= 0.3 is 0 Å². The maximum Gasteiger partial charge on any atom is 0.246 e. The quantitative estimate of drug-likeness (QED) is 0.679. The van der Waals surface area contributed by atoms with E-state index in [0.717, 1.165) is 42.5 Å². The molecule has 0 saturated carbocycles. The zero-order chi connectivity index (χ0) is 19.7. The van der Waals surface area contributed by atoms with Gasteiger partial charge in [0.25, 0.3) is 0 Å². The van der Waals surface area contributed by atoms with Crippen molar-refractivity contribution < 1.29 is 12.9 Å². The van der Waals surface area contributed by atoms with Crippen LogP contribution in [0.15, 0.2) is 47.0 Å². The van der Waals surface area contributed by atoms with Gasteiger partial charge in [0.1, 0.15) is 0 Å². The van der Waals surface area contributed by atoms with Crippen LogP contribution in [-0.4, -0.2) is 31.4 Å². The Morgan fingerprint density at radius 1 is 1.25 bits per heavy atom. The molecule has 1 aromatic heterocycles. The van der Waals surface area contributed by atoms with Crippen molar-refractivity contribution in [3.05, 3.63) is 58.9 Å². The van der Waals surface area contributed by atoms with E-state index < -0.39 is 10.0 Å². The number of sulfonamides is 1. The fraction of sp³-hybridized carbons (Fsp3) is 0.263. The number of anilines is 2. The molecule has 0 fully saturated rings. The Morgan fingerprint density at radius 3 is 2.86 bits per heavy atom. The molecule has 0 aliphatic carbocycles. The van der Waals surface area contributed by atoms with Crippen LogP contribution in [0.25, 0.3) is 11.4 Å². The highest BCUT2D eigenvalue weighted by Crippen LogP contribution is 2.34. The third kappa shape index (κ3) is 4.13. The number of nitrogens with zero attached hydrogens (tertiary/aromatic N) is 3. The molecule has 0 bridgehead atoms. The van der Waals surface area contributed by atoms with Crippen molar-refractivity contribution in [2.24, 2.45) is 0 Å². The first kappa shape index (κ1) is 18.8. The summed E-state index contributed by atoms with van der Waals surface area (Å²) in [5.74, 6) is 0.978. The van der Waals surface area contributed by atoms with Crippen molar-refractivity contribution in [1.29, 1.82) is 0 Å². The van der Waals surface area contributed by atoms with Crippen molar-refractivity contribution in [3.63, 3.8) is 0 Å². The van der Waals surface area contributed by atoms with E-state index in [1.165, 1.54) is 0 Å². The molecule has 0 unspecified atom stereocenters. The first-order valence-corrected chi connectivity index (χ1v) is 11.1. The Balaban J connectivity index is 1.59. The molecule has 7 nitrogen and oxygen atoms in total. The largest absolute Gasteiger partial charge is 0.362 e. The molecule has 0 amide bonds. The van der Waals surface area contributed by atoms with Crippen LogP contribution in [-0.2, 0) is 23.0 Å². The molecule has 0 saturated heterocycles. The van der Waals surface area contributed by atoms with Crippen molar-refractivity contribution in [2.45, 2.75) is 19.4 Å². The molecule has 2 aromatic carbocycles. The molecule has 28 heavy (non-hydrogen) atoms. The van der Waals surface area contributed by atoms with Crippen LogP contribution in [0.2, 0.25) is 5.02 Å². The lowest BCUT2D eigenvalue weighted by Gasteiger charge is -2.31. The summed E-state index contributed by atoms with van der Waals surface area (Å²) in [6.07, 6.45) is 2.87. The minimum absolute atomic E-state index is 0.447. The van der Waals surface area contributed by atoms with Gasteiger partial charge in [-0.05, 0) is 42.7 Å². The zero-order valence-electron chi connectivity index (χ0n) is 15.2. The third-order valence-electron chi connectivity index (χ3n) is 4.52. The number of aromatic nitrogens is 2. The summed E-state index contributed by atoms with van der Waals surface area (Å²) < 4.78 is 31.3. The molecule has 0 atom stereocenters. The molecule has 9 heteroatoms. The number of hydrogen-bond donors (Lipinski definition) is 1. The molecule has 1 aliphatic rings. The number of fused-ring (bicyclic) bond motifs is 1. The lowest BCUT2D eigenvalue weighted by Crippen LogP contribution is -2.29. The average molecular weight is 419 g/mol. The summed E-state index contributed by atoms with van der Waals surface area (Å²) in [5.41, 5.74) is 3.37. The van der Waals surface area contributed by atoms with E-state index in [9.17, 15) is 8.42 Å². The Morgan fingerprint density at radius 2 is 2.07 bits per heavy atom. The second kappa shape index (κ2) is 7.44. The van der Waals surface area contributed by atoms with Crippen molar-refractivity contribution in [1.82, 2.24) is 10.1 Å². The number of hydrogen-bond acceptors (Lipinski definition) is 6. The number of rotatable bonds is 5. The van der Waals surface area contributed by atoms with E-state index in [0.29, 0.717) is 29.0 Å². The second-order valence-electron chi connectivity index (χ2n) is 6.72. The van der Waals surface area contributed by atoms with Crippen LogP contribution in [0, 0.1) is 0 Å². The van der Waals surface area contributed by atoms with Crippen LogP contribution < -0.4 is 9.62 Å². The summed E-state index contributed by atoms with van der Waals surface area (Å²) in [6.45, 7) is 1.27. The molecule has 2 heterocycles. The number of benzene rings is 2. The fourth-order valence-electron chi connectivity index (χ4n) is 3.39. The average Bonchev–Trinajstić information content (AvgIpc) is 3.10. The smallest absolute Gasteiger partial charge is 0.246 e. The van der Waals surface area contributed by atoms with Gasteiger partial charge in [-0.1, -0.05) is 35.0 Å². The van der Waals surface area contributed by atoms with Gasteiger partial charge in [0, 0.05) is 22.8 Å². The molecule has 4 rings (SSSR count). The van der Waals surface area contributed by atoms with Gasteiger partial charge in [-0.15, -0.1) is 0 Å². The SMILES string of the molecule is CS(=O)(=O)Nc1cccc2c1CCCN2Cc1nc(-c2cccc(Cl)c2)no1. The van der Waals surface area contributed by atoms with E-state index in [2.05, 4.69) is 19.8 Å². The molecule has 1 N–H and O–H groups in total. The maximum atomic E-state index is 11.7. The number of nitrogens with one attached hydrogen (secondary N) is 1. The lowest BCUT2D eigenvalue weighted by molar-refractivity contribution is 0.375. The topological polar surface area (TPSA) is 88.3 Å². The molecule has 1 aliphatic heterocycles. The van der Waals surface area contributed by atoms with Crippen LogP contribution in [0.3, 0.4) is 0 Å². The second-order valence-corrected chi connectivity index (χ2v) is 8.91. The Kier molecular flexibility index (Phi) is 4.99. The lowest BCUT2D eigenvalue weighted by atomic mass is 10.00. The fourth-order valence-corrected chi connectivity index (χ4v) is 4.17. The highest BCUT2D eigenvalue weighted by Gasteiger charge is 2.22. The van der Waals surface area contributed by atoms with Crippen LogP contribution in [0.5, 0.6) is 0 Å². The first-order chi connectivity index (χ1) is 13.4. The Labute approximate surface area is 168 Å². The first-order valence-electron chi connectivity index (χ1n) is 8.82. The summed E-state index contributed by atoms with van der Waals surface area (Å²) >= 11 is 6.03. The molecule has 0 spiro atoms. The Bertz CT molecular complexity index is 1110. The highest BCUT2D eigenvalue weighted by atomic mass is 35.5. The summed E-state index contributed by atoms with van der Waals surface area (Å²) in [5, 5.41) is 4.66. The van der Waals surface area contributed by atoms with Gasteiger partial charge in [0.15, 0.2) is 0 Å². The summed E-state index contributed by atoms with van der Waals surface area (Å²) in [6, 6.07) is 12.9. The predicted molar refractivity (Wildman–Crippen MR) is 109 cm³/mol. The molecule has 3 aromatic rings. The predicted octanol–water partition coefficient (Wildman–Crippen LogP) is 3.71. The Hall–Kier alpha value is -2.58. The maximum absolute atomic E-state index is 11.7. The monoisotopic (exact) mass is 418 g/mol. The van der Waals surface area contributed by atoms with Gasteiger partial charge in [-0.25, -0.2) is 8.42 Å².